The fraction of sp³-hybridized carbons (Fsp3) is 0.600. The summed E-state index contributed by atoms with van der Waals surface area (Å²) in [6.45, 7) is 2.51. The van der Waals surface area contributed by atoms with Gasteiger partial charge < -0.3 is 15.1 Å². The molecule has 1 saturated heterocycles. The molecule has 0 bridgehead atoms. The van der Waals surface area contributed by atoms with Crippen LogP contribution < -0.4 is 5.73 Å². The van der Waals surface area contributed by atoms with E-state index in [0.29, 0.717) is 6.54 Å². The zero-order valence-corrected chi connectivity index (χ0v) is 11.6. The Morgan fingerprint density at radius 3 is 2.85 bits per heavy atom. The zero-order valence-electron chi connectivity index (χ0n) is 11.6. The predicted octanol–water partition coefficient (Wildman–Crippen LogP) is 1.50. The minimum atomic E-state index is -0.298. The van der Waals surface area contributed by atoms with Crippen molar-refractivity contribution in [2.75, 3.05) is 6.54 Å². The molecule has 0 unspecified atom stereocenters. The summed E-state index contributed by atoms with van der Waals surface area (Å²) in [7, 11) is 0. The van der Waals surface area contributed by atoms with E-state index < -0.39 is 0 Å². The van der Waals surface area contributed by atoms with Crippen LogP contribution in [-0.4, -0.2) is 29.3 Å². The second kappa shape index (κ2) is 4.96. The first-order chi connectivity index (χ1) is 9.58. The number of amides is 2. The van der Waals surface area contributed by atoms with Gasteiger partial charge in [-0.05, 0) is 38.3 Å². The lowest BCUT2D eigenvalue weighted by Gasteiger charge is -2.37. The maximum atomic E-state index is 12.6. The van der Waals surface area contributed by atoms with Gasteiger partial charge in [0.05, 0.1) is 12.2 Å². The van der Waals surface area contributed by atoms with Crippen molar-refractivity contribution in [1.82, 2.24) is 4.90 Å². The Bertz CT molecular complexity index is 511. The fourth-order valence-electron chi connectivity index (χ4n) is 3.14. The first-order valence-corrected chi connectivity index (χ1v) is 7.21. The van der Waals surface area contributed by atoms with Crippen molar-refractivity contribution in [2.24, 2.45) is 17.6 Å². The van der Waals surface area contributed by atoms with Gasteiger partial charge in [0, 0.05) is 24.4 Å². The Balaban J connectivity index is 1.66. The molecule has 0 spiro atoms. The lowest BCUT2D eigenvalue weighted by Crippen LogP contribution is -2.49. The van der Waals surface area contributed by atoms with Gasteiger partial charge in [-0.15, -0.1) is 0 Å². The summed E-state index contributed by atoms with van der Waals surface area (Å²) in [5.41, 5.74) is 5.38. The maximum Gasteiger partial charge on any atom is 0.226 e. The molecule has 5 nitrogen and oxygen atoms in total. The van der Waals surface area contributed by atoms with E-state index in [0.717, 1.165) is 25.0 Å². The molecule has 20 heavy (non-hydrogen) atoms. The highest BCUT2D eigenvalue weighted by Crippen LogP contribution is 2.49. The Morgan fingerprint density at radius 2 is 2.20 bits per heavy atom. The molecule has 2 amide bonds. The van der Waals surface area contributed by atoms with E-state index >= 15 is 0 Å². The highest BCUT2D eigenvalue weighted by molar-refractivity contribution is 5.84. The smallest absolute Gasteiger partial charge is 0.226 e. The van der Waals surface area contributed by atoms with Crippen LogP contribution in [0.25, 0.3) is 0 Å². The number of hydrogen-bond acceptors (Lipinski definition) is 3. The van der Waals surface area contributed by atoms with Crippen molar-refractivity contribution in [2.45, 2.75) is 38.1 Å². The van der Waals surface area contributed by atoms with Crippen LogP contribution >= 0.6 is 0 Å². The number of rotatable bonds is 3. The van der Waals surface area contributed by atoms with E-state index in [1.54, 1.807) is 6.26 Å². The van der Waals surface area contributed by atoms with E-state index in [9.17, 15) is 9.59 Å². The predicted molar refractivity (Wildman–Crippen MR) is 72.6 cm³/mol. The van der Waals surface area contributed by atoms with Crippen LogP contribution in [0.1, 0.15) is 37.9 Å². The number of piperidine rings is 1. The maximum absolute atomic E-state index is 12.6. The molecule has 2 fully saturated rings. The molecular weight excluding hydrogens is 256 g/mol. The van der Waals surface area contributed by atoms with Gasteiger partial charge in [0.25, 0.3) is 0 Å². The molecule has 4 atom stereocenters. The number of furan rings is 1. The van der Waals surface area contributed by atoms with Crippen molar-refractivity contribution in [1.29, 1.82) is 0 Å². The summed E-state index contributed by atoms with van der Waals surface area (Å²) in [5, 5.41) is 0. The molecule has 1 aromatic heterocycles. The first kappa shape index (κ1) is 13.2. The third kappa shape index (κ3) is 2.32. The lowest BCUT2D eigenvalue weighted by molar-refractivity contribution is -0.139. The SMILES string of the molecule is C[C@@H]1CC[C@H](C(N)=O)CN1C(=O)[C@H]1C[C@@H]1c1ccco1. The summed E-state index contributed by atoms with van der Waals surface area (Å²) in [6, 6.07) is 3.96. The first-order valence-electron chi connectivity index (χ1n) is 7.21. The average molecular weight is 276 g/mol. The highest BCUT2D eigenvalue weighted by atomic mass is 16.3. The molecule has 0 aromatic carbocycles. The topological polar surface area (TPSA) is 76.5 Å². The second-order valence-electron chi connectivity index (χ2n) is 5.98. The minimum absolute atomic E-state index is 0.00947. The molecule has 1 aliphatic heterocycles. The van der Waals surface area contributed by atoms with Crippen LogP contribution in [0.15, 0.2) is 22.8 Å². The molecular formula is C15H20N2O3. The Kier molecular flexibility index (Phi) is 3.28. The Hall–Kier alpha value is -1.78. The van der Waals surface area contributed by atoms with Crippen molar-refractivity contribution in [3.63, 3.8) is 0 Å². The molecule has 5 heteroatoms. The van der Waals surface area contributed by atoms with Crippen molar-refractivity contribution < 1.29 is 14.0 Å². The summed E-state index contributed by atoms with van der Waals surface area (Å²) in [6.07, 6.45) is 4.11. The van der Waals surface area contributed by atoms with Crippen LogP contribution in [0, 0.1) is 11.8 Å². The number of nitrogens with zero attached hydrogens (tertiary/aromatic N) is 1. The van der Waals surface area contributed by atoms with Gasteiger partial charge in [-0.1, -0.05) is 0 Å². The quantitative estimate of drug-likeness (QED) is 0.908. The van der Waals surface area contributed by atoms with E-state index in [1.165, 1.54) is 0 Å². The van der Waals surface area contributed by atoms with Crippen LogP contribution in [0.3, 0.4) is 0 Å². The zero-order chi connectivity index (χ0) is 14.3. The van der Waals surface area contributed by atoms with Crippen LogP contribution in [0.5, 0.6) is 0 Å². The summed E-state index contributed by atoms with van der Waals surface area (Å²) in [4.78, 5) is 25.8. The average Bonchev–Trinajstić information content (AvgIpc) is 3.04. The summed E-state index contributed by atoms with van der Waals surface area (Å²) in [5.74, 6) is 0.752. The van der Waals surface area contributed by atoms with Gasteiger partial charge in [-0.25, -0.2) is 0 Å². The number of hydrogen-bond donors (Lipinski definition) is 1. The van der Waals surface area contributed by atoms with Crippen LogP contribution in [-0.2, 0) is 9.59 Å². The number of primary amides is 1. The van der Waals surface area contributed by atoms with Crippen LogP contribution in [0.4, 0.5) is 0 Å². The van der Waals surface area contributed by atoms with Crippen LogP contribution in [0.2, 0.25) is 0 Å². The molecule has 108 valence electrons. The van der Waals surface area contributed by atoms with Gasteiger partial charge in [0.15, 0.2) is 0 Å². The normalized spacial score (nSPS) is 33.0. The molecule has 3 rings (SSSR count). The number of carbonyl (C=O) groups is 2. The standard InChI is InChI=1S/C15H20N2O3/c1-9-4-5-10(14(16)18)8-17(9)15(19)12-7-11(12)13-3-2-6-20-13/h2-3,6,9-12H,4-5,7-8H2,1H3,(H2,16,18)/t9-,10+,11+,12+/m1/s1. The van der Waals surface area contributed by atoms with E-state index in [4.69, 9.17) is 10.2 Å². The molecule has 2 aliphatic rings. The highest BCUT2D eigenvalue weighted by Gasteiger charge is 2.49. The summed E-state index contributed by atoms with van der Waals surface area (Å²) < 4.78 is 5.37. The minimum Gasteiger partial charge on any atom is -0.469 e. The van der Waals surface area contributed by atoms with Crippen molar-refractivity contribution in [3.05, 3.63) is 24.2 Å². The number of nitrogens with two attached hydrogens (primary N) is 1. The van der Waals surface area contributed by atoms with E-state index in [2.05, 4.69) is 0 Å². The summed E-state index contributed by atoms with van der Waals surface area (Å²) >= 11 is 0. The number of likely N-dealkylation sites (tertiary alicyclic amines) is 1. The Labute approximate surface area is 118 Å². The van der Waals surface area contributed by atoms with Gasteiger partial charge >= 0.3 is 0 Å². The fourth-order valence-corrected chi connectivity index (χ4v) is 3.14. The van der Waals surface area contributed by atoms with Gasteiger partial charge in [0.2, 0.25) is 11.8 Å². The third-order valence-corrected chi connectivity index (χ3v) is 4.58. The number of carbonyl (C=O) groups excluding carboxylic acids is 2. The Morgan fingerprint density at radius 1 is 1.40 bits per heavy atom. The molecule has 1 saturated carbocycles. The molecule has 1 aromatic rings. The molecule has 2 heterocycles. The largest absolute Gasteiger partial charge is 0.469 e. The molecule has 0 radical (unpaired) electrons. The third-order valence-electron chi connectivity index (χ3n) is 4.58. The molecule has 1 aliphatic carbocycles. The van der Waals surface area contributed by atoms with Gasteiger partial charge in [0.1, 0.15) is 5.76 Å². The van der Waals surface area contributed by atoms with E-state index in [1.807, 2.05) is 24.0 Å². The molecule has 2 N–H and O–H groups in total. The lowest BCUT2D eigenvalue weighted by atomic mass is 9.92. The monoisotopic (exact) mass is 276 g/mol. The van der Waals surface area contributed by atoms with Crippen molar-refractivity contribution >= 4 is 11.8 Å². The second-order valence-corrected chi connectivity index (χ2v) is 5.98. The van der Waals surface area contributed by atoms with Crippen molar-refractivity contribution in [3.8, 4) is 0 Å². The van der Waals surface area contributed by atoms with Gasteiger partial charge in [-0.3, -0.25) is 9.59 Å². The van der Waals surface area contributed by atoms with E-state index in [-0.39, 0.29) is 35.6 Å². The van der Waals surface area contributed by atoms with Gasteiger partial charge in [-0.2, -0.15) is 0 Å².